The summed E-state index contributed by atoms with van der Waals surface area (Å²) in [5.74, 6) is 1.86. The summed E-state index contributed by atoms with van der Waals surface area (Å²) in [5, 5.41) is 12.8. The van der Waals surface area contributed by atoms with Crippen LogP contribution < -0.4 is 0 Å². The van der Waals surface area contributed by atoms with Crippen LogP contribution in [-0.4, -0.2) is 24.7 Å². The average molecular weight is 326 g/mol. The number of aryl methyl sites for hydroxylation is 1. The van der Waals surface area contributed by atoms with Gasteiger partial charge in [-0.2, -0.15) is 4.98 Å². The number of pyridine rings is 1. The number of fused-ring (bicyclic) bond motifs is 1. The van der Waals surface area contributed by atoms with Crippen molar-refractivity contribution in [2.45, 2.75) is 13.3 Å². The van der Waals surface area contributed by atoms with Gasteiger partial charge in [0.1, 0.15) is 5.82 Å². The van der Waals surface area contributed by atoms with Gasteiger partial charge in [-0.15, -0.1) is 10.2 Å². The smallest absolute Gasteiger partial charge is 0.231 e. The molecule has 6 nitrogen and oxygen atoms in total. The molecule has 0 aliphatic heterocycles. The van der Waals surface area contributed by atoms with E-state index in [2.05, 4.69) is 20.3 Å². The molecule has 0 bridgehead atoms. The Bertz CT molecular complexity index is 991. The Morgan fingerprint density at radius 2 is 2.00 bits per heavy atom. The quantitative estimate of drug-likeness (QED) is 0.578. The maximum atomic E-state index is 6.16. The van der Waals surface area contributed by atoms with E-state index in [1.165, 1.54) is 0 Å². The van der Waals surface area contributed by atoms with Crippen LogP contribution in [-0.2, 0) is 6.42 Å². The molecule has 0 radical (unpaired) electrons. The molecule has 0 atom stereocenters. The molecule has 1 aromatic carbocycles. The molecule has 0 aliphatic rings. The molecule has 3 heterocycles. The molecule has 0 fully saturated rings. The first-order valence-corrected chi connectivity index (χ1v) is 7.46. The Balaban J connectivity index is 1.66. The first-order valence-electron chi connectivity index (χ1n) is 7.08. The lowest BCUT2D eigenvalue weighted by Gasteiger charge is -1.99. The number of hydrogen-bond donors (Lipinski definition) is 0. The largest absolute Gasteiger partial charge is 0.339 e. The van der Waals surface area contributed by atoms with E-state index in [4.69, 9.17) is 16.1 Å². The predicted molar refractivity (Wildman–Crippen MR) is 85.3 cm³/mol. The molecule has 0 aliphatic carbocycles. The van der Waals surface area contributed by atoms with Crippen LogP contribution in [0.25, 0.3) is 17.0 Å². The Hall–Kier alpha value is -2.73. The number of halogens is 1. The van der Waals surface area contributed by atoms with Gasteiger partial charge >= 0.3 is 0 Å². The van der Waals surface area contributed by atoms with Crippen LogP contribution in [0.3, 0.4) is 0 Å². The summed E-state index contributed by atoms with van der Waals surface area (Å²) in [5.41, 5.74) is 2.58. The summed E-state index contributed by atoms with van der Waals surface area (Å²) in [6.45, 7) is 1.89. The monoisotopic (exact) mass is 325 g/mol. The predicted octanol–water partition coefficient (Wildman–Crippen LogP) is 3.33. The highest BCUT2D eigenvalue weighted by Gasteiger charge is 2.12. The Morgan fingerprint density at radius 1 is 1.13 bits per heavy atom. The summed E-state index contributed by atoms with van der Waals surface area (Å²) in [6.07, 6.45) is 2.40. The Labute approximate surface area is 136 Å². The van der Waals surface area contributed by atoms with Gasteiger partial charge in [-0.1, -0.05) is 35.0 Å². The van der Waals surface area contributed by atoms with E-state index in [9.17, 15) is 0 Å². The standard InChI is InChI=1S/C16H12ClN5O/c1-10-19-20-14-7-6-12(9-22(10)14)16-18-15(23-21-16)8-11-4-2-3-5-13(11)17/h2-7,9H,8H2,1H3. The number of rotatable bonds is 3. The van der Waals surface area contributed by atoms with Crippen molar-refractivity contribution in [3.63, 3.8) is 0 Å². The van der Waals surface area contributed by atoms with E-state index in [1.807, 2.05) is 53.9 Å². The number of nitrogens with zero attached hydrogens (tertiary/aromatic N) is 5. The lowest BCUT2D eigenvalue weighted by Crippen LogP contribution is -1.91. The zero-order valence-electron chi connectivity index (χ0n) is 12.3. The fourth-order valence-electron chi connectivity index (χ4n) is 2.39. The van der Waals surface area contributed by atoms with Crippen LogP contribution in [0.15, 0.2) is 47.1 Å². The lowest BCUT2D eigenvalue weighted by atomic mass is 10.1. The third-order valence-electron chi connectivity index (χ3n) is 3.60. The molecule has 4 aromatic rings. The van der Waals surface area contributed by atoms with E-state index in [0.29, 0.717) is 23.2 Å². The summed E-state index contributed by atoms with van der Waals surface area (Å²) < 4.78 is 7.23. The van der Waals surface area contributed by atoms with Crippen LogP contribution in [0.4, 0.5) is 0 Å². The third-order valence-corrected chi connectivity index (χ3v) is 3.97. The molecule has 0 unspecified atom stereocenters. The fourth-order valence-corrected chi connectivity index (χ4v) is 2.59. The van der Waals surface area contributed by atoms with E-state index in [1.54, 1.807) is 0 Å². The first kappa shape index (κ1) is 13.9. The van der Waals surface area contributed by atoms with E-state index < -0.39 is 0 Å². The number of benzene rings is 1. The minimum atomic E-state index is 0.501. The molecule has 0 spiro atoms. The normalized spacial score (nSPS) is 11.2. The van der Waals surface area contributed by atoms with Crippen molar-refractivity contribution in [2.75, 3.05) is 0 Å². The van der Waals surface area contributed by atoms with Crippen molar-refractivity contribution < 1.29 is 4.52 Å². The van der Waals surface area contributed by atoms with Crippen molar-refractivity contribution in [1.82, 2.24) is 24.7 Å². The van der Waals surface area contributed by atoms with Gasteiger partial charge in [-0.05, 0) is 30.7 Å². The minimum Gasteiger partial charge on any atom is -0.339 e. The van der Waals surface area contributed by atoms with Crippen LogP contribution in [0.1, 0.15) is 17.3 Å². The Morgan fingerprint density at radius 3 is 2.87 bits per heavy atom. The molecule has 0 amide bonds. The van der Waals surface area contributed by atoms with E-state index in [0.717, 1.165) is 22.6 Å². The van der Waals surface area contributed by atoms with Gasteiger partial charge in [0, 0.05) is 16.8 Å². The summed E-state index contributed by atoms with van der Waals surface area (Å²) >= 11 is 6.16. The highest BCUT2D eigenvalue weighted by Crippen LogP contribution is 2.21. The van der Waals surface area contributed by atoms with Gasteiger partial charge in [0.2, 0.25) is 11.7 Å². The lowest BCUT2D eigenvalue weighted by molar-refractivity contribution is 0.385. The molecule has 23 heavy (non-hydrogen) atoms. The molecule has 0 saturated heterocycles. The van der Waals surface area contributed by atoms with Gasteiger partial charge in [0.25, 0.3) is 0 Å². The van der Waals surface area contributed by atoms with Gasteiger partial charge in [0.15, 0.2) is 5.65 Å². The molecular formula is C16H12ClN5O. The van der Waals surface area contributed by atoms with E-state index >= 15 is 0 Å². The van der Waals surface area contributed by atoms with Crippen LogP contribution in [0.5, 0.6) is 0 Å². The average Bonchev–Trinajstić information content (AvgIpc) is 3.17. The molecule has 3 aromatic heterocycles. The van der Waals surface area contributed by atoms with Crippen LogP contribution in [0, 0.1) is 6.92 Å². The van der Waals surface area contributed by atoms with Gasteiger partial charge < -0.3 is 4.52 Å². The molecule has 0 N–H and O–H groups in total. The molecule has 0 saturated carbocycles. The maximum Gasteiger partial charge on any atom is 0.231 e. The van der Waals surface area contributed by atoms with Gasteiger partial charge in [-0.25, -0.2) is 0 Å². The summed E-state index contributed by atoms with van der Waals surface area (Å²) in [4.78, 5) is 4.45. The van der Waals surface area contributed by atoms with Gasteiger partial charge in [-0.3, -0.25) is 4.40 Å². The zero-order chi connectivity index (χ0) is 15.8. The van der Waals surface area contributed by atoms with Crippen molar-refractivity contribution in [3.8, 4) is 11.4 Å². The molecular weight excluding hydrogens is 314 g/mol. The second-order valence-electron chi connectivity index (χ2n) is 5.17. The van der Waals surface area contributed by atoms with E-state index in [-0.39, 0.29) is 0 Å². The fraction of sp³-hybridized carbons (Fsp3) is 0.125. The highest BCUT2D eigenvalue weighted by molar-refractivity contribution is 6.31. The van der Waals surface area contributed by atoms with Crippen molar-refractivity contribution in [2.24, 2.45) is 0 Å². The summed E-state index contributed by atoms with van der Waals surface area (Å²) in [6, 6.07) is 11.4. The van der Waals surface area contributed by atoms with Crippen LogP contribution >= 0.6 is 11.6 Å². The van der Waals surface area contributed by atoms with Crippen LogP contribution in [0.2, 0.25) is 5.02 Å². The van der Waals surface area contributed by atoms with Gasteiger partial charge in [0.05, 0.1) is 6.42 Å². The van der Waals surface area contributed by atoms with Crippen molar-refractivity contribution >= 4 is 17.2 Å². The highest BCUT2D eigenvalue weighted by atomic mass is 35.5. The first-order chi connectivity index (χ1) is 11.2. The second kappa shape index (κ2) is 5.48. The number of aromatic nitrogens is 5. The zero-order valence-corrected chi connectivity index (χ0v) is 13.0. The maximum absolute atomic E-state index is 6.16. The summed E-state index contributed by atoms with van der Waals surface area (Å²) in [7, 11) is 0. The topological polar surface area (TPSA) is 69.1 Å². The third kappa shape index (κ3) is 2.57. The number of hydrogen-bond acceptors (Lipinski definition) is 5. The van der Waals surface area contributed by atoms with Crippen molar-refractivity contribution in [1.29, 1.82) is 0 Å². The minimum absolute atomic E-state index is 0.501. The molecule has 7 heteroatoms. The SMILES string of the molecule is Cc1nnc2ccc(-c3noc(Cc4ccccc4Cl)n3)cn12. The Kier molecular flexibility index (Phi) is 3.31. The molecule has 4 rings (SSSR count). The second-order valence-corrected chi connectivity index (χ2v) is 5.58. The molecule has 114 valence electrons. The van der Waals surface area contributed by atoms with Crippen molar-refractivity contribution in [3.05, 3.63) is 64.9 Å².